The van der Waals surface area contributed by atoms with Gasteiger partial charge in [0.15, 0.2) is 6.29 Å². The van der Waals surface area contributed by atoms with E-state index in [1.54, 1.807) is 32.9 Å². The lowest BCUT2D eigenvalue weighted by atomic mass is 9.78. The summed E-state index contributed by atoms with van der Waals surface area (Å²) in [5.41, 5.74) is 0.323. The van der Waals surface area contributed by atoms with Crippen molar-refractivity contribution in [2.75, 3.05) is 13.2 Å². The third-order valence-corrected chi connectivity index (χ3v) is 3.66. The molecule has 2 heterocycles. The van der Waals surface area contributed by atoms with Crippen LogP contribution in [-0.4, -0.2) is 37.2 Å². The molecule has 0 bridgehead atoms. The number of hydrogen-bond donors (Lipinski definition) is 0. The summed E-state index contributed by atoms with van der Waals surface area (Å²) in [5.74, 6) is -2.56. The first kappa shape index (κ1) is 17.7. The maximum atomic E-state index is 12.4. The van der Waals surface area contributed by atoms with Crippen molar-refractivity contribution in [3.8, 4) is 0 Å². The Labute approximate surface area is 139 Å². The normalized spacial score (nSPS) is 20.4. The zero-order valence-corrected chi connectivity index (χ0v) is 13.8. The van der Waals surface area contributed by atoms with Crippen LogP contribution in [0.5, 0.6) is 0 Å². The number of aldehydes is 1. The molecule has 7 nitrogen and oxygen atoms in total. The van der Waals surface area contributed by atoms with Gasteiger partial charge >= 0.3 is 11.9 Å². The molecule has 1 aromatic rings. The van der Waals surface area contributed by atoms with Crippen LogP contribution >= 0.6 is 0 Å². The maximum Gasteiger partial charge on any atom is 0.337 e. The summed E-state index contributed by atoms with van der Waals surface area (Å²) in [6.45, 7) is 5.27. The van der Waals surface area contributed by atoms with E-state index >= 15 is 0 Å². The van der Waals surface area contributed by atoms with Gasteiger partial charge in [0.1, 0.15) is 17.4 Å². The summed E-state index contributed by atoms with van der Waals surface area (Å²) in [4.78, 5) is 40.4. The van der Waals surface area contributed by atoms with Crippen LogP contribution < -0.4 is 0 Å². The number of nitrogens with zero attached hydrogens (tertiary/aromatic N) is 1. The minimum atomic E-state index is -0.862. The van der Waals surface area contributed by atoms with Gasteiger partial charge in [-0.05, 0) is 32.9 Å². The van der Waals surface area contributed by atoms with Crippen LogP contribution in [-0.2, 0) is 23.9 Å². The monoisotopic (exact) mass is 333 g/mol. The molecule has 0 radical (unpaired) electrons. The van der Waals surface area contributed by atoms with Gasteiger partial charge < -0.3 is 13.9 Å². The SMILES string of the molecule is CCOC(=O)C1=C(C=O)N=C(C)C(C(=O)OCC)C1c1ccco1. The van der Waals surface area contributed by atoms with Gasteiger partial charge in [-0.1, -0.05) is 0 Å². The van der Waals surface area contributed by atoms with Crippen LogP contribution in [0.25, 0.3) is 0 Å². The Morgan fingerprint density at radius 3 is 2.54 bits per heavy atom. The van der Waals surface area contributed by atoms with Gasteiger partial charge in [-0.2, -0.15) is 0 Å². The predicted octanol–water partition coefficient (Wildman–Crippen LogP) is 2.03. The van der Waals surface area contributed by atoms with E-state index in [1.807, 2.05) is 0 Å². The molecule has 0 N–H and O–H groups in total. The van der Waals surface area contributed by atoms with Gasteiger partial charge in [0, 0.05) is 5.71 Å². The summed E-state index contributed by atoms with van der Waals surface area (Å²) in [6, 6.07) is 3.28. The number of aliphatic imine (C=N–C) groups is 1. The fraction of sp³-hybridized carbons (Fsp3) is 0.412. The molecule has 2 rings (SSSR count). The molecule has 2 unspecified atom stereocenters. The third-order valence-electron chi connectivity index (χ3n) is 3.66. The Kier molecular flexibility index (Phi) is 5.68. The standard InChI is InChI=1S/C17H19NO6/c1-4-22-16(20)13-10(3)18-11(9-19)14(17(21)23-5-2)15(13)12-7-6-8-24-12/h6-9,13,15H,4-5H2,1-3H3. The van der Waals surface area contributed by atoms with E-state index in [-0.39, 0.29) is 24.5 Å². The first-order valence-electron chi connectivity index (χ1n) is 7.66. The summed E-state index contributed by atoms with van der Waals surface area (Å²) in [5, 5.41) is 0. The molecule has 0 spiro atoms. The number of allylic oxidation sites excluding steroid dienone is 1. The highest BCUT2D eigenvalue weighted by atomic mass is 16.5. The van der Waals surface area contributed by atoms with Gasteiger partial charge in [-0.25, -0.2) is 4.79 Å². The average molecular weight is 333 g/mol. The van der Waals surface area contributed by atoms with Crippen molar-refractivity contribution < 1.29 is 28.3 Å². The quantitative estimate of drug-likeness (QED) is 0.584. The van der Waals surface area contributed by atoms with Crippen molar-refractivity contribution in [3.05, 3.63) is 35.4 Å². The van der Waals surface area contributed by atoms with Gasteiger partial charge in [-0.15, -0.1) is 0 Å². The van der Waals surface area contributed by atoms with E-state index in [2.05, 4.69) is 4.99 Å². The van der Waals surface area contributed by atoms with Crippen LogP contribution in [0, 0.1) is 5.92 Å². The Bertz CT molecular complexity index is 686. The number of rotatable bonds is 6. The molecule has 24 heavy (non-hydrogen) atoms. The fourth-order valence-electron chi connectivity index (χ4n) is 2.73. The van der Waals surface area contributed by atoms with E-state index in [0.717, 1.165) is 0 Å². The topological polar surface area (TPSA) is 95.2 Å². The van der Waals surface area contributed by atoms with Crippen LogP contribution in [0.2, 0.25) is 0 Å². The fourth-order valence-corrected chi connectivity index (χ4v) is 2.73. The molecule has 0 saturated heterocycles. The molecule has 0 amide bonds. The summed E-state index contributed by atoms with van der Waals surface area (Å²) in [7, 11) is 0. The highest BCUT2D eigenvalue weighted by Gasteiger charge is 2.44. The Hall–Kier alpha value is -2.70. The van der Waals surface area contributed by atoms with Crippen molar-refractivity contribution in [2.45, 2.75) is 26.7 Å². The second-order valence-electron chi connectivity index (χ2n) is 5.11. The molecule has 7 heteroatoms. The van der Waals surface area contributed by atoms with Gasteiger partial charge in [0.25, 0.3) is 0 Å². The highest BCUT2D eigenvalue weighted by Crippen LogP contribution is 2.39. The highest BCUT2D eigenvalue weighted by molar-refractivity contribution is 6.09. The zero-order chi connectivity index (χ0) is 17.7. The third kappa shape index (κ3) is 3.29. The van der Waals surface area contributed by atoms with E-state index in [9.17, 15) is 14.4 Å². The lowest BCUT2D eigenvalue weighted by molar-refractivity contribution is -0.146. The predicted molar refractivity (Wildman–Crippen MR) is 84.4 cm³/mol. The molecule has 1 aromatic heterocycles. The number of carbonyl (C=O) groups is 3. The number of esters is 2. The first-order valence-corrected chi connectivity index (χ1v) is 7.66. The number of furan rings is 1. The molecule has 1 aliphatic heterocycles. The number of hydrogen-bond acceptors (Lipinski definition) is 7. The second-order valence-corrected chi connectivity index (χ2v) is 5.11. The molecular weight excluding hydrogens is 314 g/mol. The van der Waals surface area contributed by atoms with E-state index < -0.39 is 23.8 Å². The lowest BCUT2D eigenvalue weighted by Gasteiger charge is -2.29. The zero-order valence-electron chi connectivity index (χ0n) is 13.8. The Balaban J connectivity index is 2.61. The molecular formula is C17H19NO6. The van der Waals surface area contributed by atoms with Crippen molar-refractivity contribution in [2.24, 2.45) is 10.9 Å². The van der Waals surface area contributed by atoms with Crippen molar-refractivity contribution in [1.82, 2.24) is 0 Å². The average Bonchev–Trinajstić information content (AvgIpc) is 3.08. The summed E-state index contributed by atoms with van der Waals surface area (Å²) >= 11 is 0. The van der Waals surface area contributed by atoms with Crippen molar-refractivity contribution >= 4 is 23.9 Å². The minimum absolute atomic E-state index is 0.00505. The van der Waals surface area contributed by atoms with Gasteiger partial charge in [0.05, 0.1) is 31.0 Å². The molecule has 0 saturated carbocycles. The molecule has 128 valence electrons. The largest absolute Gasteiger partial charge is 0.469 e. The molecule has 0 aromatic carbocycles. The van der Waals surface area contributed by atoms with Crippen LogP contribution in [0.15, 0.2) is 39.1 Å². The first-order chi connectivity index (χ1) is 11.5. The van der Waals surface area contributed by atoms with Gasteiger partial charge in [0.2, 0.25) is 0 Å². The van der Waals surface area contributed by atoms with Crippen molar-refractivity contribution in [1.29, 1.82) is 0 Å². The van der Waals surface area contributed by atoms with E-state index in [4.69, 9.17) is 13.9 Å². The second kappa shape index (κ2) is 7.72. The molecule has 0 fully saturated rings. The van der Waals surface area contributed by atoms with E-state index in [0.29, 0.717) is 17.8 Å². The molecule has 1 aliphatic rings. The number of ether oxygens (including phenoxy) is 2. The Morgan fingerprint density at radius 1 is 1.29 bits per heavy atom. The Morgan fingerprint density at radius 2 is 2.00 bits per heavy atom. The summed E-state index contributed by atoms with van der Waals surface area (Å²) in [6.07, 6.45) is 1.91. The van der Waals surface area contributed by atoms with Crippen LogP contribution in [0.3, 0.4) is 0 Å². The van der Waals surface area contributed by atoms with Crippen LogP contribution in [0.1, 0.15) is 32.4 Å². The molecule has 2 atom stereocenters. The van der Waals surface area contributed by atoms with E-state index in [1.165, 1.54) is 6.26 Å². The minimum Gasteiger partial charge on any atom is -0.469 e. The maximum absolute atomic E-state index is 12.4. The van der Waals surface area contributed by atoms with Crippen LogP contribution in [0.4, 0.5) is 0 Å². The smallest absolute Gasteiger partial charge is 0.337 e. The lowest BCUT2D eigenvalue weighted by Crippen LogP contribution is -2.36. The number of carbonyl (C=O) groups excluding carboxylic acids is 3. The van der Waals surface area contributed by atoms with Gasteiger partial charge in [-0.3, -0.25) is 14.6 Å². The summed E-state index contributed by atoms with van der Waals surface area (Å²) < 4.78 is 15.6. The molecule has 0 aliphatic carbocycles. The van der Waals surface area contributed by atoms with Crippen molar-refractivity contribution in [3.63, 3.8) is 0 Å².